The van der Waals surface area contributed by atoms with Crippen molar-refractivity contribution in [3.63, 3.8) is 0 Å². The maximum absolute atomic E-state index is 13.5. The Labute approximate surface area is 182 Å². The molecule has 2 aromatic heterocycles. The average molecular weight is 439 g/mol. The van der Waals surface area contributed by atoms with Gasteiger partial charge in [-0.25, -0.2) is 18.1 Å². The number of hydrogen-bond acceptors (Lipinski definition) is 5. The molecule has 5 rings (SSSR count). The number of carbonyl (C=O) groups excluding carboxylic acids is 1. The standard InChI is InChI=1S/C23H26N4O3S/c1-16-21-19(23(28)26-11-6-3-7-12-26)14-20(17-8-4-2-5-9-17)24-22(21)27(25-16)18-10-13-31(29,30)15-18/h2,4-5,8-9,14,18H,3,6-7,10-13,15H2,1H3. The van der Waals surface area contributed by atoms with Gasteiger partial charge in [-0.05, 0) is 38.7 Å². The van der Waals surface area contributed by atoms with E-state index in [1.165, 1.54) is 0 Å². The maximum atomic E-state index is 13.5. The van der Waals surface area contributed by atoms with E-state index in [2.05, 4.69) is 5.10 Å². The van der Waals surface area contributed by atoms with Crippen LogP contribution >= 0.6 is 0 Å². The molecule has 2 saturated heterocycles. The van der Waals surface area contributed by atoms with Gasteiger partial charge in [-0.3, -0.25) is 4.79 Å². The molecule has 1 amide bonds. The van der Waals surface area contributed by atoms with Crippen molar-refractivity contribution in [2.75, 3.05) is 24.6 Å². The predicted molar refractivity (Wildman–Crippen MR) is 120 cm³/mol. The smallest absolute Gasteiger partial charge is 0.254 e. The van der Waals surface area contributed by atoms with Gasteiger partial charge in [0.2, 0.25) is 0 Å². The third-order valence-electron chi connectivity index (χ3n) is 6.33. The Morgan fingerprint density at radius 2 is 1.84 bits per heavy atom. The summed E-state index contributed by atoms with van der Waals surface area (Å²) in [6.45, 7) is 3.40. The SMILES string of the molecule is Cc1nn(C2CCS(=O)(=O)C2)c2nc(-c3ccccc3)cc(C(=O)N3CCCCC3)c12. The molecule has 0 radical (unpaired) electrons. The summed E-state index contributed by atoms with van der Waals surface area (Å²) in [6.07, 6.45) is 3.70. The van der Waals surface area contributed by atoms with Gasteiger partial charge in [0.1, 0.15) is 0 Å². The molecule has 0 saturated carbocycles. The Kier molecular flexibility index (Phi) is 5.04. The molecule has 3 aromatic rings. The largest absolute Gasteiger partial charge is 0.339 e. The zero-order valence-electron chi connectivity index (χ0n) is 17.6. The van der Waals surface area contributed by atoms with Crippen LogP contribution in [-0.4, -0.2) is 58.6 Å². The van der Waals surface area contributed by atoms with Crippen LogP contribution in [0.25, 0.3) is 22.3 Å². The van der Waals surface area contributed by atoms with Crippen LogP contribution in [0, 0.1) is 6.92 Å². The Hall–Kier alpha value is -2.74. The molecular weight excluding hydrogens is 412 g/mol. The first-order valence-electron chi connectivity index (χ1n) is 10.9. The second-order valence-electron chi connectivity index (χ2n) is 8.56. The van der Waals surface area contributed by atoms with Gasteiger partial charge in [0.15, 0.2) is 15.5 Å². The number of benzene rings is 1. The van der Waals surface area contributed by atoms with E-state index in [-0.39, 0.29) is 23.5 Å². The molecule has 4 heterocycles. The molecule has 8 heteroatoms. The molecule has 0 N–H and O–H groups in total. The van der Waals surface area contributed by atoms with Crippen LogP contribution in [0.1, 0.15) is 47.8 Å². The Morgan fingerprint density at radius 1 is 1.10 bits per heavy atom. The van der Waals surface area contributed by atoms with Crippen LogP contribution in [0.2, 0.25) is 0 Å². The van der Waals surface area contributed by atoms with Crippen LogP contribution in [-0.2, 0) is 9.84 Å². The number of piperidine rings is 1. The highest BCUT2D eigenvalue weighted by molar-refractivity contribution is 7.91. The van der Waals surface area contributed by atoms with Crippen molar-refractivity contribution in [3.8, 4) is 11.3 Å². The summed E-state index contributed by atoms with van der Waals surface area (Å²) in [5, 5.41) is 5.41. The molecule has 2 aliphatic rings. The Morgan fingerprint density at radius 3 is 2.52 bits per heavy atom. The minimum atomic E-state index is -3.07. The quantitative estimate of drug-likeness (QED) is 0.626. The summed E-state index contributed by atoms with van der Waals surface area (Å²) in [6, 6.07) is 11.4. The van der Waals surface area contributed by atoms with Crippen LogP contribution in [0.4, 0.5) is 0 Å². The third-order valence-corrected chi connectivity index (χ3v) is 8.08. The van der Waals surface area contributed by atoms with Crippen LogP contribution < -0.4 is 0 Å². The summed E-state index contributed by atoms with van der Waals surface area (Å²) < 4.78 is 26.0. The van der Waals surface area contributed by atoms with Gasteiger partial charge in [0.05, 0.1) is 39.9 Å². The summed E-state index contributed by atoms with van der Waals surface area (Å²) in [5.41, 5.74) is 3.54. The molecule has 0 aliphatic carbocycles. The van der Waals surface area contributed by atoms with Crippen LogP contribution in [0.3, 0.4) is 0 Å². The molecule has 0 bridgehead atoms. The number of sulfone groups is 1. The lowest BCUT2D eigenvalue weighted by atomic mass is 10.0. The second-order valence-corrected chi connectivity index (χ2v) is 10.8. The molecular formula is C23H26N4O3S. The van der Waals surface area contributed by atoms with Gasteiger partial charge in [-0.15, -0.1) is 0 Å². The molecule has 7 nitrogen and oxygen atoms in total. The van der Waals surface area contributed by atoms with Crippen molar-refractivity contribution in [1.82, 2.24) is 19.7 Å². The highest BCUT2D eigenvalue weighted by Gasteiger charge is 2.33. The van der Waals surface area contributed by atoms with Gasteiger partial charge in [-0.1, -0.05) is 30.3 Å². The zero-order valence-corrected chi connectivity index (χ0v) is 18.4. The van der Waals surface area contributed by atoms with E-state index in [0.717, 1.165) is 43.3 Å². The van der Waals surface area contributed by atoms with Gasteiger partial charge < -0.3 is 4.90 Å². The second kappa shape index (κ2) is 7.75. The predicted octanol–water partition coefficient (Wildman–Crippen LogP) is 3.39. The van der Waals surface area contributed by atoms with Crippen molar-refractivity contribution in [1.29, 1.82) is 0 Å². The van der Waals surface area contributed by atoms with E-state index in [4.69, 9.17) is 4.98 Å². The number of hydrogen-bond donors (Lipinski definition) is 0. The highest BCUT2D eigenvalue weighted by Crippen LogP contribution is 2.32. The minimum absolute atomic E-state index is 0.00553. The number of fused-ring (bicyclic) bond motifs is 1. The van der Waals surface area contributed by atoms with E-state index in [1.807, 2.05) is 48.2 Å². The van der Waals surface area contributed by atoms with Crippen LogP contribution in [0.15, 0.2) is 36.4 Å². The van der Waals surface area contributed by atoms with Gasteiger partial charge in [0, 0.05) is 18.7 Å². The van der Waals surface area contributed by atoms with E-state index in [1.54, 1.807) is 4.68 Å². The first kappa shape index (κ1) is 20.2. The third kappa shape index (κ3) is 3.73. The van der Waals surface area contributed by atoms with Crippen molar-refractivity contribution < 1.29 is 13.2 Å². The highest BCUT2D eigenvalue weighted by atomic mass is 32.2. The minimum Gasteiger partial charge on any atom is -0.339 e. The van der Waals surface area contributed by atoms with E-state index in [0.29, 0.717) is 29.0 Å². The number of aryl methyl sites for hydroxylation is 1. The fourth-order valence-electron chi connectivity index (χ4n) is 4.73. The molecule has 1 atom stereocenters. The fraction of sp³-hybridized carbons (Fsp3) is 0.435. The lowest BCUT2D eigenvalue weighted by Gasteiger charge is -2.27. The van der Waals surface area contributed by atoms with Gasteiger partial charge in [0.25, 0.3) is 5.91 Å². The fourth-order valence-corrected chi connectivity index (χ4v) is 6.42. The Balaban J connectivity index is 1.70. The lowest BCUT2D eigenvalue weighted by molar-refractivity contribution is 0.0726. The number of likely N-dealkylation sites (tertiary alicyclic amines) is 1. The number of carbonyl (C=O) groups is 1. The van der Waals surface area contributed by atoms with E-state index >= 15 is 0 Å². The molecule has 2 fully saturated rings. The average Bonchev–Trinajstić information content (AvgIpc) is 3.32. The number of pyridine rings is 1. The topological polar surface area (TPSA) is 85.2 Å². The normalized spacial score (nSPS) is 20.9. The Bertz CT molecular complexity index is 1240. The molecule has 31 heavy (non-hydrogen) atoms. The van der Waals surface area contributed by atoms with Crippen molar-refractivity contribution in [3.05, 3.63) is 47.7 Å². The van der Waals surface area contributed by atoms with Crippen molar-refractivity contribution in [2.45, 2.75) is 38.6 Å². The number of nitrogens with zero attached hydrogens (tertiary/aromatic N) is 4. The van der Waals surface area contributed by atoms with Crippen LogP contribution in [0.5, 0.6) is 0 Å². The van der Waals surface area contributed by atoms with Gasteiger partial charge in [-0.2, -0.15) is 5.10 Å². The first-order valence-corrected chi connectivity index (χ1v) is 12.7. The number of amides is 1. The monoisotopic (exact) mass is 438 g/mol. The molecule has 1 aromatic carbocycles. The summed E-state index contributed by atoms with van der Waals surface area (Å²) in [4.78, 5) is 20.4. The van der Waals surface area contributed by atoms with E-state index in [9.17, 15) is 13.2 Å². The van der Waals surface area contributed by atoms with Gasteiger partial charge >= 0.3 is 0 Å². The lowest BCUT2D eigenvalue weighted by Crippen LogP contribution is -2.35. The summed E-state index contributed by atoms with van der Waals surface area (Å²) in [5.74, 6) is 0.234. The molecule has 0 spiro atoms. The molecule has 2 aliphatic heterocycles. The van der Waals surface area contributed by atoms with Crippen molar-refractivity contribution >= 4 is 26.8 Å². The number of rotatable bonds is 3. The molecule has 162 valence electrons. The first-order chi connectivity index (χ1) is 14.9. The summed E-state index contributed by atoms with van der Waals surface area (Å²) in [7, 11) is -3.07. The summed E-state index contributed by atoms with van der Waals surface area (Å²) >= 11 is 0. The van der Waals surface area contributed by atoms with Crippen molar-refractivity contribution in [2.24, 2.45) is 0 Å². The van der Waals surface area contributed by atoms with E-state index < -0.39 is 9.84 Å². The maximum Gasteiger partial charge on any atom is 0.254 e. The molecule has 1 unspecified atom stereocenters. The zero-order chi connectivity index (χ0) is 21.6. The number of aromatic nitrogens is 3.